The molecule has 1 aromatic heterocycles. The van der Waals surface area contributed by atoms with E-state index in [0.717, 1.165) is 36.5 Å². The Kier molecular flexibility index (Phi) is 5.85. The number of pyridine rings is 1. The fourth-order valence-electron chi connectivity index (χ4n) is 3.45. The summed E-state index contributed by atoms with van der Waals surface area (Å²) < 4.78 is 5.41. The molecular formula is C20H25N3O3. The van der Waals surface area contributed by atoms with Gasteiger partial charge in [0, 0.05) is 44.5 Å². The number of carbonyl (C=O) groups is 1. The van der Waals surface area contributed by atoms with E-state index in [2.05, 4.69) is 9.88 Å². The minimum Gasteiger partial charge on any atom is -0.496 e. The highest BCUT2D eigenvalue weighted by atomic mass is 16.5. The standard InChI is InChI=1S/C20H25N3O3/c1-15-6-7-18(26-2)17(13-15)19(20(24)25)23-11-9-22(10-12-23)14-16-5-3-4-8-21-16/h3-8,13,19H,9-12,14H2,1-2H3,(H,24,25)/t19-/m1/s1. The molecule has 0 saturated carbocycles. The first-order chi connectivity index (χ1) is 12.6. The molecule has 26 heavy (non-hydrogen) atoms. The largest absolute Gasteiger partial charge is 0.496 e. The first kappa shape index (κ1) is 18.4. The van der Waals surface area contributed by atoms with Crippen LogP contribution in [0.1, 0.15) is 22.9 Å². The van der Waals surface area contributed by atoms with Gasteiger partial charge in [-0.2, -0.15) is 0 Å². The van der Waals surface area contributed by atoms with Crippen molar-refractivity contribution in [2.24, 2.45) is 0 Å². The summed E-state index contributed by atoms with van der Waals surface area (Å²) in [5, 5.41) is 9.87. The van der Waals surface area contributed by atoms with Gasteiger partial charge in [-0.3, -0.25) is 19.6 Å². The zero-order valence-corrected chi connectivity index (χ0v) is 15.3. The van der Waals surface area contributed by atoms with Crippen molar-refractivity contribution >= 4 is 5.97 Å². The molecule has 0 unspecified atom stereocenters. The Morgan fingerprint density at radius 1 is 1.23 bits per heavy atom. The lowest BCUT2D eigenvalue weighted by Gasteiger charge is -2.38. The van der Waals surface area contributed by atoms with E-state index in [0.29, 0.717) is 18.8 Å². The number of carboxylic acid groups (broad SMARTS) is 1. The molecule has 6 nitrogen and oxygen atoms in total. The highest BCUT2D eigenvalue weighted by Gasteiger charge is 2.32. The molecule has 0 amide bonds. The smallest absolute Gasteiger partial charge is 0.325 e. The van der Waals surface area contributed by atoms with E-state index in [9.17, 15) is 9.90 Å². The van der Waals surface area contributed by atoms with Gasteiger partial charge >= 0.3 is 5.97 Å². The molecule has 0 bridgehead atoms. The number of benzene rings is 1. The number of rotatable bonds is 6. The van der Waals surface area contributed by atoms with Gasteiger partial charge in [0.15, 0.2) is 0 Å². The second-order valence-corrected chi connectivity index (χ2v) is 6.62. The third-order valence-corrected chi connectivity index (χ3v) is 4.80. The molecule has 138 valence electrons. The van der Waals surface area contributed by atoms with Crippen LogP contribution in [-0.4, -0.2) is 59.1 Å². The summed E-state index contributed by atoms with van der Waals surface area (Å²) in [5.74, 6) is -0.217. The number of ether oxygens (including phenoxy) is 1. The Labute approximate surface area is 154 Å². The van der Waals surface area contributed by atoms with Crippen LogP contribution in [0.25, 0.3) is 0 Å². The molecular weight excluding hydrogens is 330 g/mol. The highest BCUT2D eigenvalue weighted by molar-refractivity contribution is 5.77. The molecule has 1 aliphatic heterocycles. The van der Waals surface area contributed by atoms with E-state index in [1.807, 2.05) is 48.2 Å². The number of aliphatic carboxylic acids is 1. The third kappa shape index (κ3) is 4.20. The van der Waals surface area contributed by atoms with Crippen LogP contribution in [0.5, 0.6) is 5.75 Å². The second kappa shape index (κ2) is 8.29. The summed E-state index contributed by atoms with van der Waals surface area (Å²) >= 11 is 0. The Morgan fingerprint density at radius 2 is 2.00 bits per heavy atom. The molecule has 0 radical (unpaired) electrons. The molecule has 1 N–H and O–H groups in total. The van der Waals surface area contributed by atoms with Crippen LogP contribution >= 0.6 is 0 Å². The van der Waals surface area contributed by atoms with Gasteiger partial charge in [0.1, 0.15) is 11.8 Å². The fraction of sp³-hybridized carbons (Fsp3) is 0.400. The van der Waals surface area contributed by atoms with Crippen LogP contribution in [0.3, 0.4) is 0 Å². The topological polar surface area (TPSA) is 65.9 Å². The number of carboxylic acids is 1. The molecule has 2 aromatic rings. The molecule has 3 rings (SSSR count). The summed E-state index contributed by atoms with van der Waals surface area (Å²) in [6.45, 7) is 5.78. The van der Waals surface area contributed by atoms with Crippen molar-refractivity contribution in [1.82, 2.24) is 14.8 Å². The Hall–Kier alpha value is -2.44. The van der Waals surface area contributed by atoms with Crippen molar-refractivity contribution in [3.63, 3.8) is 0 Å². The maximum absolute atomic E-state index is 12.0. The minimum atomic E-state index is -0.841. The summed E-state index contributed by atoms with van der Waals surface area (Å²) in [4.78, 5) is 20.7. The van der Waals surface area contributed by atoms with Crippen LogP contribution < -0.4 is 4.74 Å². The van der Waals surface area contributed by atoms with Crippen molar-refractivity contribution in [2.45, 2.75) is 19.5 Å². The first-order valence-corrected chi connectivity index (χ1v) is 8.82. The number of aryl methyl sites for hydroxylation is 1. The van der Waals surface area contributed by atoms with Crippen LogP contribution in [0, 0.1) is 6.92 Å². The summed E-state index contributed by atoms with van der Waals surface area (Å²) in [6, 6.07) is 10.9. The molecule has 6 heteroatoms. The van der Waals surface area contributed by atoms with Crippen molar-refractivity contribution in [3.05, 3.63) is 59.4 Å². The van der Waals surface area contributed by atoms with Gasteiger partial charge in [0.2, 0.25) is 0 Å². The minimum absolute atomic E-state index is 0.624. The van der Waals surface area contributed by atoms with Gasteiger partial charge in [-0.1, -0.05) is 23.8 Å². The predicted octanol–water partition coefficient (Wildman–Crippen LogP) is 2.34. The third-order valence-electron chi connectivity index (χ3n) is 4.80. The van der Waals surface area contributed by atoms with Crippen molar-refractivity contribution in [3.8, 4) is 5.75 Å². The lowest BCUT2D eigenvalue weighted by Crippen LogP contribution is -2.49. The summed E-state index contributed by atoms with van der Waals surface area (Å²) in [7, 11) is 1.58. The number of piperazine rings is 1. The Bertz CT molecular complexity index is 743. The van der Waals surface area contributed by atoms with E-state index >= 15 is 0 Å². The number of methoxy groups -OCH3 is 1. The monoisotopic (exact) mass is 355 g/mol. The summed E-state index contributed by atoms with van der Waals surface area (Å²) in [5.41, 5.74) is 2.79. The number of hydrogen-bond donors (Lipinski definition) is 1. The molecule has 1 aromatic carbocycles. The predicted molar refractivity (Wildman–Crippen MR) is 99.2 cm³/mol. The number of nitrogens with zero attached hydrogens (tertiary/aromatic N) is 3. The lowest BCUT2D eigenvalue weighted by molar-refractivity contribution is -0.144. The van der Waals surface area contributed by atoms with E-state index < -0.39 is 12.0 Å². The van der Waals surface area contributed by atoms with E-state index in [4.69, 9.17) is 4.74 Å². The molecule has 1 saturated heterocycles. The van der Waals surface area contributed by atoms with Gasteiger partial charge in [0.05, 0.1) is 12.8 Å². The second-order valence-electron chi connectivity index (χ2n) is 6.62. The molecule has 1 aliphatic rings. The number of hydrogen-bond acceptors (Lipinski definition) is 5. The van der Waals surface area contributed by atoms with Gasteiger partial charge in [-0.25, -0.2) is 0 Å². The molecule has 1 fully saturated rings. The SMILES string of the molecule is COc1ccc(C)cc1[C@H](C(=O)O)N1CCN(Cc2ccccn2)CC1. The van der Waals surface area contributed by atoms with Crippen LogP contribution in [0.2, 0.25) is 0 Å². The van der Waals surface area contributed by atoms with E-state index in [1.54, 1.807) is 13.3 Å². The highest BCUT2D eigenvalue weighted by Crippen LogP contribution is 2.31. The van der Waals surface area contributed by atoms with Crippen LogP contribution in [-0.2, 0) is 11.3 Å². The van der Waals surface area contributed by atoms with Crippen LogP contribution in [0.15, 0.2) is 42.6 Å². The Balaban J connectivity index is 1.71. The zero-order valence-electron chi connectivity index (χ0n) is 15.3. The maximum atomic E-state index is 12.0. The molecule has 1 atom stereocenters. The molecule has 0 spiro atoms. The first-order valence-electron chi connectivity index (χ1n) is 8.82. The van der Waals surface area contributed by atoms with E-state index in [1.165, 1.54) is 0 Å². The van der Waals surface area contributed by atoms with Gasteiger partial charge in [0.25, 0.3) is 0 Å². The summed E-state index contributed by atoms with van der Waals surface area (Å²) in [6.07, 6.45) is 1.80. The van der Waals surface area contributed by atoms with Crippen molar-refractivity contribution in [1.29, 1.82) is 0 Å². The molecule has 2 heterocycles. The van der Waals surface area contributed by atoms with Crippen molar-refractivity contribution < 1.29 is 14.6 Å². The Morgan fingerprint density at radius 3 is 2.62 bits per heavy atom. The average molecular weight is 355 g/mol. The number of aromatic nitrogens is 1. The quantitative estimate of drug-likeness (QED) is 0.858. The van der Waals surface area contributed by atoms with Gasteiger partial charge < -0.3 is 9.84 Å². The molecule has 0 aliphatic carbocycles. The van der Waals surface area contributed by atoms with Crippen LogP contribution in [0.4, 0.5) is 0 Å². The lowest BCUT2D eigenvalue weighted by atomic mass is 10.0. The fourth-order valence-corrected chi connectivity index (χ4v) is 3.45. The maximum Gasteiger partial charge on any atom is 0.325 e. The van der Waals surface area contributed by atoms with E-state index in [-0.39, 0.29) is 0 Å². The average Bonchev–Trinajstić information content (AvgIpc) is 2.64. The zero-order chi connectivity index (χ0) is 18.5. The van der Waals surface area contributed by atoms with Gasteiger partial charge in [-0.15, -0.1) is 0 Å². The van der Waals surface area contributed by atoms with Crippen molar-refractivity contribution in [2.75, 3.05) is 33.3 Å². The normalized spacial score (nSPS) is 17.0. The van der Waals surface area contributed by atoms with Gasteiger partial charge in [-0.05, 0) is 25.1 Å².